The van der Waals surface area contributed by atoms with Crippen LogP contribution >= 0.6 is 0 Å². The summed E-state index contributed by atoms with van der Waals surface area (Å²) in [5.74, 6) is 0. The largest absolute Gasteiger partial charge is 0.456 e. The highest BCUT2D eigenvalue weighted by Crippen LogP contribution is 2.41. The number of hydrogen-bond acceptors (Lipinski definition) is 2. The highest BCUT2D eigenvalue weighted by atomic mass is 16.3. The molecule has 0 saturated heterocycles. The Bertz CT molecular complexity index is 4040. The molecule has 0 saturated carbocycles. The van der Waals surface area contributed by atoms with Crippen LogP contribution in [0.1, 0.15) is 11.1 Å². The molecule has 0 N–H and O–H groups in total. The van der Waals surface area contributed by atoms with Crippen LogP contribution in [0.5, 0.6) is 0 Å². The van der Waals surface area contributed by atoms with E-state index in [9.17, 15) is 0 Å². The van der Waals surface area contributed by atoms with Crippen molar-refractivity contribution in [3.05, 3.63) is 217 Å². The number of aromatic nitrogens is 2. The second kappa shape index (κ2) is 13.9. The molecule has 0 unspecified atom stereocenters. The maximum atomic E-state index is 6.15. The van der Waals surface area contributed by atoms with Crippen molar-refractivity contribution >= 4 is 87.5 Å². The van der Waals surface area contributed by atoms with Gasteiger partial charge in [0, 0.05) is 54.5 Å². The quantitative estimate of drug-likeness (QED) is 0.173. The SMILES string of the molecule is Cc1cc(-n2c3ccccc3c3cc(-c4ccc5oc6ccccc6c5c4)ccc32)ccc1-c1ccc(-n2c3ccccc3c3cc(-c4ccc5oc6ccccc6c5c4)ccc32)cc1C. The van der Waals surface area contributed by atoms with E-state index in [1.54, 1.807) is 0 Å². The Balaban J connectivity index is 0.824. The first-order valence-electron chi connectivity index (χ1n) is 22.6. The molecule has 0 radical (unpaired) electrons. The van der Waals surface area contributed by atoms with Crippen molar-refractivity contribution in [2.45, 2.75) is 13.8 Å². The zero-order valence-electron chi connectivity index (χ0n) is 36.3. The molecule has 0 amide bonds. The Morgan fingerprint density at radius 2 is 0.621 bits per heavy atom. The van der Waals surface area contributed by atoms with E-state index in [0.717, 1.165) is 55.3 Å². The molecule has 0 aliphatic rings. The molecule has 0 atom stereocenters. The summed E-state index contributed by atoms with van der Waals surface area (Å²) in [5.41, 5.74) is 20.4. The number of aryl methyl sites for hydroxylation is 2. The number of benzene rings is 10. The van der Waals surface area contributed by atoms with Crippen molar-refractivity contribution in [2.24, 2.45) is 0 Å². The average Bonchev–Trinajstić information content (AvgIpc) is 4.11. The van der Waals surface area contributed by atoms with Crippen LogP contribution < -0.4 is 0 Å². The molecule has 14 aromatic rings. The number of rotatable bonds is 5. The lowest BCUT2D eigenvalue weighted by molar-refractivity contribution is 0.668. The predicted octanol–water partition coefficient (Wildman–Crippen LogP) is 17.3. The van der Waals surface area contributed by atoms with Gasteiger partial charge >= 0.3 is 0 Å². The smallest absolute Gasteiger partial charge is 0.135 e. The number of para-hydroxylation sites is 4. The molecule has 310 valence electrons. The van der Waals surface area contributed by atoms with E-state index in [1.165, 1.54) is 88.1 Å². The minimum atomic E-state index is 0.912. The van der Waals surface area contributed by atoms with Gasteiger partial charge in [-0.25, -0.2) is 0 Å². The third-order valence-electron chi connectivity index (χ3n) is 14.0. The summed E-state index contributed by atoms with van der Waals surface area (Å²) in [5, 5.41) is 9.52. The van der Waals surface area contributed by atoms with Crippen molar-refractivity contribution in [1.29, 1.82) is 0 Å². The van der Waals surface area contributed by atoms with Gasteiger partial charge in [-0.3, -0.25) is 0 Å². The first-order valence-corrected chi connectivity index (χ1v) is 22.6. The van der Waals surface area contributed by atoms with Gasteiger partial charge < -0.3 is 18.0 Å². The minimum absolute atomic E-state index is 0.912. The molecule has 0 spiro atoms. The van der Waals surface area contributed by atoms with Gasteiger partial charge in [-0.05, 0) is 155 Å². The molecule has 14 rings (SSSR count). The van der Waals surface area contributed by atoms with Gasteiger partial charge in [0.2, 0.25) is 0 Å². The summed E-state index contributed by atoms with van der Waals surface area (Å²) in [6, 6.07) is 74.8. The first-order chi connectivity index (χ1) is 32.5. The minimum Gasteiger partial charge on any atom is -0.456 e. The zero-order chi connectivity index (χ0) is 43.6. The highest BCUT2D eigenvalue weighted by molar-refractivity contribution is 6.13. The van der Waals surface area contributed by atoms with Gasteiger partial charge in [-0.1, -0.05) is 109 Å². The van der Waals surface area contributed by atoms with Gasteiger partial charge in [0.1, 0.15) is 22.3 Å². The van der Waals surface area contributed by atoms with Crippen LogP contribution in [0.15, 0.2) is 215 Å². The summed E-state index contributed by atoms with van der Waals surface area (Å²) in [4.78, 5) is 0. The summed E-state index contributed by atoms with van der Waals surface area (Å²) < 4.78 is 17.1. The van der Waals surface area contributed by atoms with Crippen molar-refractivity contribution in [3.8, 4) is 44.8 Å². The van der Waals surface area contributed by atoms with Gasteiger partial charge in [-0.2, -0.15) is 0 Å². The average molecular weight is 845 g/mol. The van der Waals surface area contributed by atoms with Crippen LogP contribution in [-0.4, -0.2) is 9.13 Å². The Morgan fingerprint density at radius 3 is 1.06 bits per heavy atom. The molecule has 4 aromatic heterocycles. The Labute approximate surface area is 379 Å². The lowest BCUT2D eigenvalue weighted by atomic mass is 9.95. The highest BCUT2D eigenvalue weighted by Gasteiger charge is 2.18. The fourth-order valence-corrected chi connectivity index (χ4v) is 10.9. The van der Waals surface area contributed by atoms with Gasteiger partial charge in [-0.15, -0.1) is 0 Å². The van der Waals surface area contributed by atoms with Crippen LogP contribution in [-0.2, 0) is 0 Å². The van der Waals surface area contributed by atoms with Crippen LogP contribution in [0.2, 0.25) is 0 Å². The third kappa shape index (κ3) is 5.45. The molecular weight excluding hydrogens is 805 g/mol. The first kappa shape index (κ1) is 36.8. The van der Waals surface area contributed by atoms with Gasteiger partial charge in [0.25, 0.3) is 0 Å². The maximum Gasteiger partial charge on any atom is 0.135 e. The molecule has 0 fully saturated rings. The fourth-order valence-electron chi connectivity index (χ4n) is 10.9. The van der Waals surface area contributed by atoms with Crippen molar-refractivity contribution in [1.82, 2.24) is 9.13 Å². The molecule has 0 aliphatic carbocycles. The predicted molar refractivity (Wildman–Crippen MR) is 275 cm³/mol. The van der Waals surface area contributed by atoms with Crippen molar-refractivity contribution < 1.29 is 8.83 Å². The number of nitrogens with zero attached hydrogens (tertiary/aromatic N) is 2. The van der Waals surface area contributed by atoms with E-state index in [4.69, 9.17) is 8.83 Å². The summed E-state index contributed by atoms with van der Waals surface area (Å²) in [7, 11) is 0. The van der Waals surface area contributed by atoms with Gasteiger partial charge in [0.15, 0.2) is 0 Å². The Morgan fingerprint density at radius 1 is 0.273 bits per heavy atom. The summed E-state index contributed by atoms with van der Waals surface area (Å²) >= 11 is 0. The lowest BCUT2D eigenvalue weighted by Crippen LogP contribution is -1.98. The molecule has 10 aromatic carbocycles. The molecule has 0 bridgehead atoms. The van der Waals surface area contributed by atoms with E-state index in [1.807, 2.05) is 24.3 Å². The van der Waals surface area contributed by atoms with Crippen molar-refractivity contribution in [2.75, 3.05) is 0 Å². The third-order valence-corrected chi connectivity index (χ3v) is 14.0. The molecule has 4 heterocycles. The monoisotopic (exact) mass is 844 g/mol. The maximum absolute atomic E-state index is 6.15. The second-order valence-electron chi connectivity index (χ2n) is 17.8. The number of furan rings is 2. The van der Waals surface area contributed by atoms with E-state index in [-0.39, 0.29) is 0 Å². The molecule has 66 heavy (non-hydrogen) atoms. The fraction of sp³-hybridized carbons (Fsp3) is 0.0323. The Hall–Kier alpha value is -8.60. The van der Waals surface area contributed by atoms with E-state index < -0.39 is 0 Å². The van der Waals surface area contributed by atoms with Crippen LogP contribution in [0, 0.1) is 13.8 Å². The van der Waals surface area contributed by atoms with E-state index in [0.29, 0.717) is 0 Å². The topological polar surface area (TPSA) is 36.1 Å². The summed E-state index contributed by atoms with van der Waals surface area (Å²) in [6.45, 7) is 4.48. The lowest BCUT2D eigenvalue weighted by Gasteiger charge is -2.16. The molecular formula is C62H40N2O2. The van der Waals surface area contributed by atoms with E-state index >= 15 is 0 Å². The Kier molecular flexibility index (Phi) is 7.79. The van der Waals surface area contributed by atoms with Crippen molar-refractivity contribution in [3.63, 3.8) is 0 Å². The standard InChI is InChI=1S/C62H40N2O2/c1-37-31-43(63-55-15-7-3-11-47(55)51-33-39(19-27-57(51)63)41-21-29-61-53(35-41)49-13-5-9-17-59(49)65-61)23-25-45(37)46-26-24-44(32-38(46)2)64-56-16-8-4-12-48(56)52-34-40(20-28-58(52)64)42-22-30-62-54(36-42)50-14-6-10-18-60(50)66-62/h3-36H,1-2H3. The zero-order valence-corrected chi connectivity index (χ0v) is 36.3. The van der Waals surface area contributed by atoms with Crippen LogP contribution in [0.25, 0.3) is 132 Å². The molecule has 0 aliphatic heterocycles. The second-order valence-corrected chi connectivity index (χ2v) is 17.8. The number of fused-ring (bicyclic) bond motifs is 12. The normalized spacial score (nSPS) is 12.1. The van der Waals surface area contributed by atoms with Crippen LogP contribution in [0.3, 0.4) is 0 Å². The van der Waals surface area contributed by atoms with E-state index in [2.05, 4.69) is 205 Å². The number of hydrogen-bond donors (Lipinski definition) is 0. The summed E-state index contributed by atoms with van der Waals surface area (Å²) in [6.07, 6.45) is 0. The van der Waals surface area contributed by atoms with Gasteiger partial charge in [0.05, 0.1) is 22.1 Å². The molecule has 4 heteroatoms. The van der Waals surface area contributed by atoms with Crippen LogP contribution in [0.4, 0.5) is 0 Å². The molecule has 4 nitrogen and oxygen atoms in total.